The van der Waals surface area contributed by atoms with Crippen LogP contribution in [0.2, 0.25) is 39.3 Å². The third-order valence-corrected chi connectivity index (χ3v) is 23.3. The van der Waals surface area contributed by atoms with Gasteiger partial charge in [0.05, 0.1) is 40.0 Å². The molecule has 0 radical (unpaired) electrons. The zero-order valence-electron chi connectivity index (χ0n) is 36.6. The molecular formula is C57H48N4Si2. The lowest BCUT2D eigenvalue weighted by Gasteiger charge is -2.52. The maximum absolute atomic E-state index is 9.96. The number of para-hydroxylation sites is 2. The van der Waals surface area contributed by atoms with Gasteiger partial charge in [-0.25, -0.2) is 4.85 Å². The lowest BCUT2D eigenvalue weighted by atomic mass is 9.89. The highest BCUT2D eigenvalue weighted by Crippen LogP contribution is 2.64. The minimum atomic E-state index is -2.22. The Kier molecular flexibility index (Phi) is 9.49. The van der Waals surface area contributed by atoms with E-state index in [2.05, 4.69) is 200 Å². The lowest BCUT2D eigenvalue weighted by Crippen LogP contribution is -2.63. The van der Waals surface area contributed by atoms with E-state index in [4.69, 9.17) is 6.57 Å². The number of nitrogens with zero attached hydrogens (tertiary/aromatic N) is 4. The van der Waals surface area contributed by atoms with Crippen molar-refractivity contribution in [1.82, 2.24) is 0 Å². The number of anilines is 6. The Morgan fingerprint density at radius 1 is 0.460 bits per heavy atom. The molecule has 0 fully saturated rings. The minimum absolute atomic E-state index is 0.214. The summed E-state index contributed by atoms with van der Waals surface area (Å²) in [6.07, 6.45) is 0. The molecule has 0 unspecified atom stereocenters. The summed E-state index contributed by atoms with van der Waals surface area (Å²) in [5, 5.41) is 17.4. The second kappa shape index (κ2) is 15.0. The van der Waals surface area contributed by atoms with Crippen LogP contribution in [-0.4, -0.2) is 16.1 Å². The fraction of sp³-hybridized carbons (Fsp3) is 0.123. The van der Waals surface area contributed by atoms with Crippen molar-refractivity contribution in [2.45, 2.75) is 43.9 Å². The number of rotatable bonds is 8. The summed E-state index contributed by atoms with van der Waals surface area (Å²) in [7, 11) is -4.45. The first kappa shape index (κ1) is 39.9. The number of hydrogen-bond donors (Lipinski definition) is 0. The van der Waals surface area contributed by atoms with Crippen molar-refractivity contribution in [2.24, 2.45) is 0 Å². The summed E-state index contributed by atoms with van der Waals surface area (Å²) in [6, 6.07) is 67.2. The summed E-state index contributed by atoms with van der Waals surface area (Å²) in [4.78, 5) is 8.53. The molecule has 9 aromatic carbocycles. The molecule has 0 spiro atoms. The largest absolute Gasteiger partial charge is 0.311 e. The number of fused-ring (bicyclic) bond motifs is 10. The maximum atomic E-state index is 9.96. The zero-order chi connectivity index (χ0) is 43.7. The van der Waals surface area contributed by atoms with Crippen LogP contribution in [0.15, 0.2) is 182 Å². The highest BCUT2D eigenvalue weighted by molar-refractivity contribution is 7.00. The van der Waals surface area contributed by atoms with Crippen molar-refractivity contribution in [3.63, 3.8) is 0 Å². The second-order valence-corrected chi connectivity index (χ2v) is 29.8. The fourth-order valence-electron chi connectivity index (χ4n) is 11.3. The van der Waals surface area contributed by atoms with E-state index in [1.54, 1.807) is 0 Å². The van der Waals surface area contributed by atoms with Crippen LogP contribution in [-0.2, 0) is 4.66 Å². The van der Waals surface area contributed by atoms with Gasteiger partial charge in [-0.1, -0.05) is 148 Å². The van der Waals surface area contributed by atoms with Crippen LogP contribution >= 0.6 is 0 Å². The molecule has 304 valence electrons. The second-order valence-electron chi connectivity index (χ2n) is 18.8. The van der Waals surface area contributed by atoms with Crippen LogP contribution < -0.4 is 9.80 Å². The monoisotopic (exact) mass is 844 g/mol. The van der Waals surface area contributed by atoms with Gasteiger partial charge in [-0.3, -0.25) is 0 Å². The Labute approximate surface area is 372 Å². The molecule has 63 heavy (non-hydrogen) atoms. The van der Waals surface area contributed by atoms with Gasteiger partial charge in [-0.05, 0) is 122 Å². The Bertz CT molecular complexity index is 3340. The molecule has 1 aliphatic carbocycles. The molecule has 0 aromatic heterocycles. The van der Waals surface area contributed by atoms with Gasteiger partial charge in [0.2, 0.25) is 0 Å². The van der Waals surface area contributed by atoms with Crippen molar-refractivity contribution >= 4 is 88.3 Å². The summed E-state index contributed by atoms with van der Waals surface area (Å²) in [5.74, 6) is 0. The fourth-order valence-corrected chi connectivity index (χ4v) is 24.4. The molecule has 0 aliphatic heterocycles. The minimum Gasteiger partial charge on any atom is -0.311 e. The van der Waals surface area contributed by atoms with Crippen LogP contribution in [0.25, 0.3) is 48.3 Å². The highest BCUT2D eigenvalue weighted by Gasteiger charge is 2.60. The molecule has 0 N–H and O–H groups in total. The average Bonchev–Trinajstić information content (AvgIpc) is 3.64. The first-order valence-electron chi connectivity index (χ1n) is 21.7. The average molecular weight is 845 g/mol. The van der Waals surface area contributed by atoms with Gasteiger partial charge in [0, 0.05) is 38.5 Å². The van der Waals surface area contributed by atoms with E-state index in [1.807, 2.05) is 42.5 Å². The maximum Gasteiger partial charge on any atom is 0.189 e. The highest BCUT2D eigenvalue weighted by atomic mass is 28.4. The van der Waals surface area contributed by atoms with Crippen molar-refractivity contribution in [2.75, 3.05) is 9.80 Å². The molecule has 0 heterocycles. The lowest BCUT2D eigenvalue weighted by molar-refractivity contribution is 0.963. The quantitative estimate of drug-likeness (QED) is 0.0868. The number of hydrogen-bond acceptors (Lipinski definition) is 3. The molecule has 6 heteroatoms. The summed E-state index contributed by atoms with van der Waals surface area (Å²) < 4.78 is -0.214. The summed E-state index contributed by atoms with van der Waals surface area (Å²) in [5.41, 5.74) is 13.1. The molecule has 10 rings (SSSR count). The third kappa shape index (κ3) is 6.13. The van der Waals surface area contributed by atoms with Gasteiger partial charge in [0.25, 0.3) is 0 Å². The first-order chi connectivity index (χ1) is 30.5. The summed E-state index contributed by atoms with van der Waals surface area (Å²) >= 11 is 0. The smallest absolute Gasteiger partial charge is 0.189 e. The van der Waals surface area contributed by atoms with E-state index in [0.29, 0.717) is 11.3 Å². The van der Waals surface area contributed by atoms with E-state index in [1.165, 1.54) is 54.6 Å². The molecule has 0 saturated heterocycles. The molecule has 0 bridgehead atoms. The Morgan fingerprint density at radius 3 is 1.60 bits per heavy atom. The predicted octanol–water partition coefficient (Wildman–Crippen LogP) is 16.5. The van der Waals surface area contributed by atoms with Crippen molar-refractivity contribution < 1.29 is 0 Å². The van der Waals surface area contributed by atoms with E-state index in [-0.39, 0.29) is 4.66 Å². The van der Waals surface area contributed by atoms with Crippen molar-refractivity contribution in [3.8, 4) is 17.2 Å². The Hall–Kier alpha value is -7.23. The van der Waals surface area contributed by atoms with Crippen LogP contribution in [0.4, 0.5) is 39.8 Å². The predicted molar refractivity (Wildman–Crippen MR) is 272 cm³/mol. The molecule has 1 aliphatic rings. The van der Waals surface area contributed by atoms with Crippen molar-refractivity contribution in [1.29, 1.82) is 5.26 Å². The third-order valence-electron chi connectivity index (χ3n) is 13.3. The molecule has 9 aromatic rings. The van der Waals surface area contributed by atoms with E-state index < -0.39 is 16.1 Å². The van der Waals surface area contributed by atoms with Gasteiger partial charge in [-0.15, -0.1) is 0 Å². The SMILES string of the molecule is [C-]#[N+]c1cccc(N(c2ccccc2)c2cc3c(c4ccccc24)-c2c(c4ccc(N(c5ccccc5)c5cccc(C#N)c5)cc4c4ccccc24)C3([Si](C)(C)C)[Si](C)(C)C)c1. The standard InChI is InChI=1S/C57H48N4Si2/c1-59-40-21-19-27-44(35-40)61(42-24-12-9-13-25-42)53-37-52-54(49-31-17-15-29-47(49)53)55-48-30-16-14-28-46(48)51-36-45(32-33-50(51)56(55)57(52,62(2,3)4)63(5,6)7)60(41-22-10-8-11-23-41)43-26-18-20-39(34-43)38-58/h8-37H,2-7H3. The van der Waals surface area contributed by atoms with Gasteiger partial charge in [-0.2, -0.15) is 5.26 Å². The van der Waals surface area contributed by atoms with Crippen LogP contribution in [0.3, 0.4) is 0 Å². The van der Waals surface area contributed by atoms with Crippen LogP contribution in [0.1, 0.15) is 16.7 Å². The molecule has 4 nitrogen and oxygen atoms in total. The molecular weight excluding hydrogens is 797 g/mol. The number of benzene rings is 9. The van der Waals surface area contributed by atoms with Gasteiger partial charge < -0.3 is 9.80 Å². The zero-order valence-corrected chi connectivity index (χ0v) is 38.6. The summed E-state index contributed by atoms with van der Waals surface area (Å²) in [6.45, 7) is 23.6. The van der Waals surface area contributed by atoms with Crippen LogP contribution in [0, 0.1) is 17.9 Å². The number of nitriles is 1. The molecule has 0 amide bonds. The van der Waals surface area contributed by atoms with Gasteiger partial charge in [0.1, 0.15) is 0 Å². The van der Waals surface area contributed by atoms with Crippen molar-refractivity contribution in [3.05, 3.63) is 210 Å². The topological polar surface area (TPSA) is 34.6 Å². The normalized spacial score (nSPS) is 13.0. The Morgan fingerprint density at radius 2 is 0.984 bits per heavy atom. The Balaban J connectivity index is 1.35. The van der Waals surface area contributed by atoms with Crippen LogP contribution in [0.5, 0.6) is 0 Å². The van der Waals surface area contributed by atoms with E-state index in [0.717, 1.165) is 34.1 Å². The van der Waals surface area contributed by atoms with Gasteiger partial charge >= 0.3 is 0 Å². The van der Waals surface area contributed by atoms with E-state index >= 15 is 0 Å². The molecule has 0 saturated carbocycles. The first-order valence-corrected chi connectivity index (χ1v) is 28.7. The van der Waals surface area contributed by atoms with E-state index in [9.17, 15) is 5.26 Å². The van der Waals surface area contributed by atoms with Gasteiger partial charge in [0.15, 0.2) is 5.69 Å². The molecule has 0 atom stereocenters.